The van der Waals surface area contributed by atoms with E-state index < -0.39 is 14.9 Å². The Balaban J connectivity index is 2.46. The first-order chi connectivity index (χ1) is 9.87. The minimum absolute atomic E-state index is 0.103. The van der Waals surface area contributed by atoms with E-state index in [4.69, 9.17) is 10.6 Å². The van der Waals surface area contributed by atoms with Crippen molar-refractivity contribution in [3.05, 3.63) is 28.3 Å². The molecule has 1 aromatic rings. The predicted molar refractivity (Wildman–Crippen MR) is 75.1 cm³/mol. The van der Waals surface area contributed by atoms with Gasteiger partial charge in [0.05, 0.1) is 23.3 Å². The number of nitro groups is 1. The normalized spacial score (nSPS) is 18.9. The highest BCUT2D eigenvalue weighted by atomic mass is 32.2. The third-order valence-corrected chi connectivity index (χ3v) is 5.36. The lowest BCUT2D eigenvalue weighted by molar-refractivity contribution is -0.385. The van der Waals surface area contributed by atoms with Crippen LogP contribution in [0.25, 0.3) is 0 Å². The number of hydrogen-bond acceptors (Lipinski definition) is 7. The summed E-state index contributed by atoms with van der Waals surface area (Å²) in [6.45, 7) is 0.789. The number of non-ortho nitro benzene ring substituents is 1. The zero-order valence-corrected chi connectivity index (χ0v) is 12.2. The van der Waals surface area contributed by atoms with E-state index in [1.165, 1.54) is 23.5 Å². The van der Waals surface area contributed by atoms with Crippen molar-refractivity contribution in [2.75, 3.05) is 25.7 Å². The third-order valence-electron chi connectivity index (χ3n) is 3.41. The van der Waals surface area contributed by atoms with Crippen molar-refractivity contribution >= 4 is 21.4 Å². The van der Waals surface area contributed by atoms with Crippen LogP contribution in [-0.4, -0.2) is 43.9 Å². The summed E-state index contributed by atoms with van der Waals surface area (Å²) in [5.41, 5.74) is 2.04. The highest BCUT2D eigenvalue weighted by Gasteiger charge is 2.33. The molecule has 2 rings (SSSR count). The topological polar surface area (TPSA) is 128 Å². The Kier molecular flexibility index (Phi) is 4.42. The van der Waals surface area contributed by atoms with Crippen molar-refractivity contribution in [3.8, 4) is 0 Å². The molecule has 1 atom stereocenters. The first-order valence-electron chi connectivity index (χ1n) is 6.18. The maximum Gasteiger partial charge on any atom is 0.270 e. The van der Waals surface area contributed by atoms with Crippen molar-refractivity contribution in [1.82, 2.24) is 4.31 Å². The fraction of sp³-hybridized carbons (Fsp3) is 0.455. The van der Waals surface area contributed by atoms with Gasteiger partial charge in [-0.1, -0.05) is 0 Å². The van der Waals surface area contributed by atoms with Gasteiger partial charge in [-0.15, -0.1) is 0 Å². The van der Waals surface area contributed by atoms with Gasteiger partial charge in [-0.3, -0.25) is 16.0 Å². The number of hydrazine groups is 1. The van der Waals surface area contributed by atoms with Crippen LogP contribution in [0.3, 0.4) is 0 Å². The highest BCUT2D eigenvalue weighted by molar-refractivity contribution is 7.89. The second-order valence-electron chi connectivity index (χ2n) is 4.62. The molecular weight excluding hydrogens is 300 g/mol. The molecule has 21 heavy (non-hydrogen) atoms. The van der Waals surface area contributed by atoms with Crippen molar-refractivity contribution in [2.45, 2.75) is 17.4 Å². The highest BCUT2D eigenvalue weighted by Crippen LogP contribution is 2.29. The number of ether oxygens (including phenoxy) is 1. The second kappa shape index (κ2) is 5.93. The van der Waals surface area contributed by atoms with Crippen molar-refractivity contribution in [2.24, 2.45) is 5.84 Å². The average Bonchev–Trinajstić information content (AvgIpc) is 2.99. The van der Waals surface area contributed by atoms with Crippen LogP contribution >= 0.6 is 0 Å². The molecule has 1 unspecified atom stereocenters. The molecule has 0 amide bonds. The number of nitrogen functional groups attached to an aromatic ring is 1. The Morgan fingerprint density at radius 2 is 2.24 bits per heavy atom. The lowest BCUT2D eigenvalue weighted by atomic mass is 10.3. The van der Waals surface area contributed by atoms with Crippen LogP contribution < -0.4 is 11.3 Å². The quantitative estimate of drug-likeness (QED) is 0.454. The molecule has 1 aromatic carbocycles. The van der Waals surface area contributed by atoms with Gasteiger partial charge in [0.2, 0.25) is 10.0 Å². The molecule has 1 fully saturated rings. The summed E-state index contributed by atoms with van der Waals surface area (Å²) >= 11 is 0. The second-order valence-corrected chi connectivity index (χ2v) is 6.59. The maximum absolute atomic E-state index is 12.6. The van der Waals surface area contributed by atoms with Crippen molar-refractivity contribution < 1.29 is 18.1 Å². The monoisotopic (exact) mass is 316 g/mol. The minimum Gasteiger partial charge on any atom is -0.380 e. The van der Waals surface area contributed by atoms with Gasteiger partial charge in [0.15, 0.2) is 0 Å². The number of nitrogens with one attached hydrogen (secondary N) is 1. The summed E-state index contributed by atoms with van der Waals surface area (Å²) in [4.78, 5) is 9.95. The zero-order valence-electron chi connectivity index (χ0n) is 11.4. The van der Waals surface area contributed by atoms with E-state index in [1.807, 2.05) is 0 Å². The lowest BCUT2D eigenvalue weighted by Gasteiger charge is -2.23. The van der Waals surface area contributed by atoms with E-state index >= 15 is 0 Å². The van der Waals surface area contributed by atoms with Gasteiger partial charge in [-0.05, 0) is 12.5 Å². The molecule has 0 radical (unpaired) electrons. The maximum atomic E-state index is 12.6. The number of hydrogen-bond donors (Lipinski definition) is 2. The molecule has 3 N–H and O–H groups in total. The van der Waals surface area contributed by atoms with Crippen LogP contribution in [0.1, 0.15) is 6.42 Å². The average molecular weight is 316 g/mol. The van der Waals surface area contributed by atoms with Crippen molar-refractivity contribution in [1.29, 1.82) is 0 Å². The molecule has 1 heterocycles. The largest absolute Gasteiger partial charge is 0.380 e. The number of benzene rings is 1. The Labute approximate surface area is 121 Å². The molecule has 1 aliphatic rings. The fourth-order valence-corrected chi connectivity index (χ4v) is 3.66. The standard InChI is InChI=1S/C11H16N4O5S/c1-14(9-4-5-20-7-9)21(18,19)11-6-8(15(16)17)2-3-10(11)13-12/h2-3,6,9,13H,4-5,7,12H2,1H3. The molecular formula is C11H16N4O5S. The fourth-order valence-electron chi connectivity index (χ4n) is 2.12. The summed E-state index contributed by atoms with van der Waals surface area (Å²) in [6.07, 6.45) is 0.579. The zero-order chi connectivity index (χ0) is 15.6. The molecule has 0 spiro atoms. The Bertz CT molecular complexity index is 642. The number of rotatable bonds is 5. The molecule has 1 saturated heterocycles. The lowest BCUT2D eigenvalue weighted by Crippen LogP contribution is -2.37. The summed E-state index contributed by atoms with van der Waals surface area (Å²) in [7, 11) is -2.49. The van der Waals surface area contributed by atoms with Gasteiger partial charge in [0, 0.05) is 25.8 Å². The van der Waals surface area contributed by atoms with Gasteiger partial charge >= 0.3 is 0 Å². The molecule has 0 saturated carbocycles. The van der Waals surface area contributed by atoms with Crippen LogP contribution in [0.2, 0.25) is 0 Å². The SMILES string of the molecule is CN(C1CCOC1)S(=O)(=O)c1cc([N+](=O)[O-])ccc1NN. The van der Waals surface area contributed by atoms with E-state index in [-0.39, 0.29) is 22.3 Å². The predicted octanol–water partition coefficient (Wildman–Crippen LogP) is 0.290. The van der Waals surface area contributed by atoms with Gasteiger partial charge in [0.25, 0.3) is 5.69 Å². The van der Waals surface area contributed by atoms with Crippen LogP contribution in [0.4, 0.5) is 11.4 Å². The summed E-state index contributed by atoms with van der Waals surface area (Å²) in [5.74, 6) is 5.30. The van der Waals surface area contributed by atoms with E-state index in [1.54, 1.807) is 0 Å². The van der Waals surface area contributed by atoms with E-state index in [2.05, 4.69) is 5.43 Å². The molecule has 0 bridgehead atoms. The molecule has 0 aliphatic carbocycles. The molecule has 10 heteroatoms. The third kappa shape index (κ3) is 2.97. The van der Waals surface area contributed by atoms with Crippen LogP contribution in [0, 0.1) is 10.1 Å². The number of nitrogens with zero attached hydrogens (tertiary/aromatic N) is 2. The van der Waals surface area contributed by atoms with Gasteiger partial charge in [-0.2, -0.15) is 4.31 Å². The number of nitro benzene ring substituents is 1. The number of nitrogens with two attached hydrogens (primary N) is 1. The summed E-state index contributed by atoms with van der Waals surface area (Å²) in [5, 5.41) is 10.8. The number of likely N-dealkylation sites (N-methyl/N-ethyl adjacent to an activating group) is 1. The van der Waals surface area contributed by atoms with Crippen LogP contribution in [0.15, 0.2) is 23.1 Å². The first kappa shape index (κ1) is 15.6. The van der Waals surface area contributed by atoms with Gasteiger partial charge < -0.3 is 10.2 Å². The van der Waals surface area contributed by atoms with E-state index in [9.17, 15) is 18.5 Å². The Hall–Kier alpha value is -1.75. The van der Waals surface area contributed by atoms with Gasteiger partial charge in [-0.25, -0.2) is 8.42 Å². The van der Waals surface area contributed by atoms with E-state index in [0.717, 1.165) is 6.07 Å². The summed E-state index contributed by atoms with van der Waals surface area (Å²) < 4.78 is 31.6. The van der Waals surface area contributed by atoms with Crippen molar-refractivity contribution in [3.63, 3.8) is 0 Å². The molecule has 0 aromatic heterocycles. The summed E-state index contributed by atoms with van der Waals surface area (Å²) in [6, 6.07) is 3.16. The molecule has 116 valence electrons. The number of sulfonamides is 1. The van der Waals surface area contributed by atoms with Crippen LogP contribution in [0.5, 0.6) is 0 Å². The smallest absolute Gasteiger partial charge is 0.270 e. The molecule has 9 nitrogen and oxygen atoms in total. The van der Waals surface area contributed by atoms with Gasteiger partial charge in [0.1, 0.15) is 4.90 Å². The first-order valence-corrected chi connectivity index (χ1v) is 7.62. The molecule has 1 aliphatic heterocycles. The Morgan fingerprint density at radius 1 is 1.52 bits per heavy atom. The van der Waals surface area contributed by atoms with Crippen LogP contribution in [-0.2, 0) is 14.8 Å². The minimum atomic E-state index is -3.91. The number of anilines is 1. The van der Waals surface area contributed by atoms with E-state index in [0.29, 0.717) is 19.6 Å². The Morgan fingerprint density at radius 3 is 2.76 bits per heavy atom.